The third-order valence-corrected chi connectivity index (χ3v) is 3.94. The van der Waals surface area contributed by atoms with Gasteiger partial charge in [-0.3, -0.25) is 9.20 Å². The van der Waals surface area contributed by atoms with Gasteiger partial charge in [0.2, 0.25) is 0 Å². The number of methoxy groups -OCH3 is 1. The van der Waals surface area contributed by atoms with Crippen molar-refractivity contribution in [2.75, 3.05) is 7.11 Å². The molecule has 2 heterocycles. The molecule has 0 bridgehead atoms. The summed E-state index contributed by atoms with van der Waals surface area (Å²) in [6.45, 7) is 0. The Morgan fingerprint density at radius 2 is 2.16 bits per heavy atom. The van der Waals surface area contributed by atoms with E-state index in [-0.39, 0.29) is 0 Å². The molecule has 0 unspecified atom stereocenters. The second-order valence-electron chi connectivity index (χ2n) is 4.18. The van der Waals surface area contributed by atoms with E-state index in [9.17, 15) is 4.79 Å². The molecule has 0 fully saturated rings. The maximum atomic E-state index is 10.8. The molecule has 0 aliphatic carbocycles. The fourth-order valence-corrected chi connectivity index (χ4v) is 2.96. The first-order valence-electron chi connectivity index (χ1n) is 5.84. The molecule has 19 heavy (non-hydrogen) atoms. The normalized spacial score (nSPS) is 10.8. The summed E-state index contributed by atoms with van der Waals surface area (Å²) in [7, 11) is 1.66. The number of fused-ring (bicyclic) bond motifs is 1. The molecule has 4 nitrogen and oxygen atoms in total. The minimum Gasteiger partial charge on any atom is -0.497 e. The molecule has 96 valence electrons. The van der Waals surface area contributed by atoms with Crippen LogP contribution in [0.15, 0.2) is 36.7 Å². The maximum Gasteiger partial charge on any atom is 0.194 e. The van der Waals surface area contributed by atoms with E-state index in [1.54, 1.807) is 24.6 Å². The van der Waals surface area contributed by atoms with Gasteiger partial charge < -0.3 is 4.74 Å². The summed E-state index contributed by atoms with van der Waals surface area (Å²) in [4.78, 5) is 17.1. The highest BCUT2D eigenvalue weighted by Gasteiger charge is 2.07. The number of rotatable bonds is 4. The summed E-state index contributed by atoms with van der Waals surface area (Å²) < 4.78 is 6.96. The van der Waals surface area contributed by atoms with Crippen molar-refractivity contribution in [3.8, 4) is 5.75 Å². The highest BCUT2D eigenvalue weighted by Crippen LogP contribution is 2.22. The quantitative estimate of drug-likeness (QED) is 0.686. The minimum absolute atomic E-state index is 0.590. The average Bonchev–Trinajstić information content (AvgIpc) is 2.99. The lowest BCUT2D eigenvalue weighted by molar-refractivity contribution is 0.111. The number of nitrogens with zero attached hydrogens (tertiary/aromatic N) is 2. The largest absolute Gasteiger partial charge is 0.497 e. The molecule has 3 aromatic rings. The Balaban J connectivity index is 1.87. The lowest BCUT2D eigenvalue weighted by atomic mass is 10.1. The topological polar surface area (TPSA) is 43.6 Å². The molecular formula is C14H12N2O2S. The van der Waals surface area contributed by atoms with Gasteiger partial charge in [0.25, 0.3) is 0 Å². The van der Waals surface area contributed by atoms with E-state index in [0.29, 0.717) is 5.69 Å². The standard InChI is InChI=1S/C14H12N2O2S/c1-18-12-4-2-10(3-5-12)6-13-8-16-11(9-17)7-15-14(16)19-13/h2-5,7-9H,6H2,1H3. The number of hydrogen-bond acceptors (Lipinski definition) is 4. The number of ether oxygens (including phenoxy) is 1. The van der Waals surface area contributed by atoms with Crippen LogP contribution < -0.4 is 4.74 Å². The smallest absolute Gasteiger partial charge is 0.194 e. The Kier molecular flexibility index (Phi) is 3.05. The van der Waals surface area contributed by atoms with Crippen molar-refractivity contribution < 1.29 is 9.53 Å². The average molecular weight is 272 g/mol. The van der Waals surface area contributed by atoms with E-state index in [1.807, 2.05) is 34.9 Å². The van der Waals surface area contributed by atoms with Crippen molar-refractivity contribution in [1.29, 1.82) is 0 Å². The Labute approximate surface area is 114 Å². The third kappa shape index (κ3) is 2.24. The predicted molar refractivity (Wildman–Crippen MR) is 74.3 cm³/mol. The molecule has 0 amide bonds. The number of aromatic nitrogens is 2. The number of carbonyl (C=O) groups excluding carboxylic acids is 1. The highest BCUT2D eigenvalue weighted by atomic mass is 32.1. The van der Waals surface area contributed by atoms with Gasteiger partial charge in [-0.1, -0.05) is 12.1 Å². The monoisotopic (exact) mass is 272 g/mol. The first kappa shape index (κ1) is 11.9. The number of carbonyl (C=O) groups is 1. The van der Waals surface area contributed by atoms with Crippen LogP contribution in [-0.4, -0.2) is 22.8 Å². The maximum absolute atomic E-state index is 10.8. The van der Waals surface area contributed by atoms with Crippen molar-refractivity contribution in [1.82, 2.24) is 9.38 Å². The fraction of sp³-hybridized carbons (Fsp3) is 0.143. The van der Waals surface area contributed by atoms with E-state index in [2.05, 4.69) is 4.98 Å². The van der Waals surface area contributed by atoms with Crippen LogP contribution in [0.25, 0.3) is 4.96 Å². The molecule has 0 spiro atoms. The zero-order valence-electron chi connectivity index (χ0n) is 10.4. The minimum atomic E-state index is 0.590. The predicted octanol–water partition coefficient (Wildman–Crippen LogP) is 2.81. The third-order valence-electron chi connectivity index (χ3n) is 2.95. The SMILES string of the molecule is COc1ccc(Cc2cn3c(C=O)cnc3s2)cc1. The van der Waals surface area contributed by atoms with Gasteiger partial charge in [-0.2, -0.15) is 0 Å². The molecular weight excluding hydrogens is 260 g/mol. The first-order valence-corrected chi connectivity index (χ1v) is 6.65. The lowest BCUT2D eigenvalue weighted by Crippen LogP contribution is -1.88. The molecule has 0 atom stereocenters. The van der Waals surface area contributed by atoms with Crippen LogP contribution in [0.3, 0.4) is 0 Å². The van der Waals surface area contributed by atoms with Gasteiger partial charge in [-0.15, -0.1) is 11.3 Å². The zero-order chi connectivity index (χ0) is 13.2. The van der Waals surface area contributed by atoms with Crippen LogP contribution in [0, 0.1) is 0 Å². The van der Waals surface area contributed by atoms with Gasteiger partial charge in [0.05, 0.1) is 13.3 Å². The van der Waals surface area contributed by atoms with E-state index in [1.165, 1.54) is 10.4 Å². The molecule has 1 aromatic carbocycles. The Morgan fingerprint density at radius 1 is 1.37 bits per heavy atom. The summed E-state index contributed by atoms with van der Waals surface area (Å²) in [5.74, 6) is 0.855. The van der Waals surface area contributed by atoms with Crippen molar-refractivity contribution in [3.63, 3.8) is 0 Å². The van der Waals surface area contributed by atoms with Crippen molar-refractivity contribution in [2.45, 2.75) is 6.42 Å². The first-order chi connectivity index (χ1) is 9.30. The number of thiazole rings is 1. The lowest BCUT2D eigenvalue weighted by Gasteiger charge is -2.01. The summed E-state index contributed by atoms with van der Waals surface area (Å²) in [5, 5.41) is 0. The number of benzene rings is 1. The van der Waals surface area contributed by atoms with Crippen LogP contribution in [0.5, 0.6) is 5.75 Å². The van der Waals surface area contributed by atoms with E-state index >= 15 is 0 Å². The van der Waals surface area contributed by atoms with Gasteiger partial charge in [0.15, 0.2) is 11.2 Å². The molecule has 2 aromatic heterocycles. The second kappa shape index (κ2) is 4.85. The molecule has 0 aliphatic rings. The molecule has 5 heteroatoms. The Bertz CT molecular complexity index is 713. The van der Waals surface area contributed by atoms with Gasteiger partial charge in [-0.05, 0) is 17.7 Å². The van der Waals surface area contributed by atoms with Gasteiger partial charge in [-0.25, -0.2) is 4.98 Å². The summed E-state index contributed by atoms with van der Waals surface area (Å²) in [5.41, 5.74) is 1.80. The van der Waals surface area contributed by atoms with Crippen LogP contribution in [0.1, 0.15) is 20.9 Å². The van der Waals surface area contributed by atoms with Crippen molar-refractivity contribution in [3.05, 3.63) is 52.8 Å². The van der Waals surface area contributed by atoms with Crippen molar-refractivity contribution in [2.24, 2.45) is 0 Å². The van der Waals surface area contributed by atoms with Gasteiger partial charge >= 0.3 is 0 Å². The summed E-state index contributed by atoms with van der Waals surface area (Å²) in [6.07, 6.45) is 5.22. The van der Waals surface area contributed by atoms with Crippen LogP contribution in [0.4, 0.5) is 0 Å². The summed E-state index contributed by atoms with van der Waals surface area (Å²) in [6, 6.07) is 7.99. The van der Waals surface area contributed by atoms with Gasteiger partial charge in [0.1, 0.15) is 11.4 Å². The zero-order valence-corrected chi connectivity index (χ0v) is 11.2. The Morgan fingerprint density at radius 3 is 2.84 bits per heavy atom. The molecule has 3 rings (SSSR count). The van der Waals surface area contributed by atoms with Crippen LogP contribution in [0.2, 0.25) is 0 Å². The van der Waals surface area contributed by atoms with Crippen molar-refractivity contribution >= 4 is 22.6 Å². The molecule has 0 aliphatic heterocycles. The highest BCUT2D eigenvalue weighted by molar-refractivity contribution is 7.17. The fourth-order valence-electron chi connectivity index (χ4n) is 1.96. The molecule has 0 N–H and O–H groups in total. The number of imidazole rings is 1. The summed E-state index contributed by atoms with van der Waals surface area (Å²) >= 11 is 1.60. The van der Waals surface area contributed by atoms with Crippen LogP contribution >= 0.6 is 11.3 Å². The number of hydrogen-bond donors (Lipinski definition) is 0. The molecule has 0 saturated heterocycles. The van der Waals surface area contributed by atoms with E-state index < -0.39 is 0 Å². The van der Waals surface area contributed by atoms with E-state index in [4.69, 9.17) is 4.74 Å². The molecule has 0 saturated carbocycles. The number of aldehydes is 1. The molecule has 0 radical (unpaired) electrons. The Hall–Kier alpha value is -2.14. The van der Waals surface area contributed by atoms with E-state index in [0.717, 1.165) is 23.4 Å². The van der Waals surface area contributed by atoms with Gasteiger partial charge in [0, 0.05) is 17.5 Å². The van der Waals surface area contributed by atoms with Crippen LogP contribution in [-0.2, 0) is 6.42 Å². The second-order valence-corrected chi connectivity index (χ2v) is 5.27.